The summed E-state index contributed by atoms with van der Waals surface area (Å²) in [7, 11) is 3.52. The minimum atomic E-state index is -0.743. The zero-order valence-corrected chi connectivity index (χ0v) is 33.4. The average Bonchev–Trinajstić information content (AvgIpc) is 3.25. The third-order valence-corrected chi connectivity index (χ3v) is 10.9. The van der Waals surface area contributed by atoms with Gasteiger partial charge < -0.3 is 34.3 Å². The first-order chi connectivity index (χ1) is 27.7. The predicted molar refractivity (Wildman–Crippen MR) is 224 cm³/mol. The highest BCUT2D eigenvalue weighted by Crippen LogP contribution is 2.23. The van der Waals surface area contributed by atoms with Crippen molar-refractivity contribution in [1.82, 2.24) is 24.6 Å². The Balaban J connectivity index is 1.21. The number of carbonyl (C=O) groups is 3. The number of benzene rings is 3. The summed E-state index contributed by atoms with van der Waals surface area (Å²) in [5.41, 5.74) is 5.95. The monoisotopic (exact) mass is 773 g/mol. The lowest BCUT2D eigenvalue weighted by Gasteiger charge is -2.39. The van der Waals surface area contributed by atoms with Crippen molar-refractivity contribution in [2.45, 2.75) is 32.5 Å². The Kier molecular flexibility index (Phi) is 14.3. The number of anilines is 2. The number of aliphatic hydroxyl groups excluding tert-OH is 1. The van der Waals surface area contributed by atoms with E-state index < -0.39 is 6.04 Å². The van der Waals surface area contributed by atoms with Gasteiger partial charge in [0.2, 0.25) is 23.6 Å². The maximum atomic E-state index is 14.7. The molecule has 3 heterocycles. The van der Waals surface area contributed by atoms with Crippen LogP contribution in [0.3, 0.4) is 0 Å². The number of piperazine rings is 2. The molecule has 2 saturated heterocycles. The lowest BCUT2D eigenvalue weighted by Crippen LogP contribution is -2.56. The van der Waals surface area contributed by atoms with Crippen molar-refractivity contribution in [3.05, 3.63) is 126 Å². The fourth-order valence-electron chi connectivity index (χ4n) is 7.40. The van der Waals surface area contributed by atoms with Crippen LogP contribution in [0.5, 0.6) is 5.88 Å². The van der Waals surface area contributed by atoms with Gasteiger partial charge in [-0.1, -0.05) is 54.6 Å². The minimum absolute atomic E-state index is 0.0670. The number of rotatable bonds is 15. The first-order valence-electron chi connectivity index (χ1n) is 19.7. The molecule has 0 saturated carbocycles. The van der Waals surface area contributed by atoms with Gasteiger partial charge in [0.15, 0.2) is 0 Å². The summed E-state index contributed by atoms with van der Waals surface area (Å²) in [6.07, 6.45) is 5.28. The molecule has 3 aromatic carbocycles. The molecule has 0 radical (unpaired) electrons. The van der Waals surface area contributed by atoms with E-state index in [0.717, 1.165) is 60.8 Å². The molecule has 12 nitrogen and oxygen atoms in total. The van der Waals surface area contributed by atoms with Gasteiger partial charge in [0.25, 0.3) is 0 Å². The maximum absolute atomic E-state index is 14.7. The number of carbonyl (C=O) groups excluding carboxylic acids is 3. The topological polar surface area (TPSA) is 113 Å². The fraction of sp³-hybridized carbons (Fsp3) is 0.378. The van der Waals surface area contributed by atoms with E-state index in [1.54, 1.807) is 37.3 Å². The summed E-state index contributed by atoms with van der Waals surface area (Å²) < 4.78 is 5.21. The van der Waals surface area contributed by atoms with E-state index in [0.29, 0.717) is 45.0 Å². The Morgan fingerprint density at radius 1 is 0.807 bits per heavy atom. The molecule has 0 aliphatic carbocycles. The number of pyridine rings is 1. The lowest BCUT2D eigenvalue weighted by atomic mass is 10.0. The van der Waals surface area contributed by atoms with Crippen molar-refractivity contribution in [3.63, 3.8) is 0 Å². The number of nitrogens with zero attached hydrogens (tertiary/aromatic N) is 7. The molecule has 1 atom stereocenters. The SMILES string of the molecule is COc1ccc(/C=C/C(=O)N(Cc2ccc(N3CCN(C(C)=O)CC3)cc2)[C@@H](Cc2ccccc2)C(=O)N2CCN(Cc3ccc(N(C)CCO)cc3)CC2)cn1. The normalized spacial score (nSPS) is 15.4. The molecule has 6 rings (SSSR count). The van der Waals surface area contributed by atoms with Crippen molar-refractivity contribution in [3.8, 4) is 5.88 Å². The molecule has 2 aliphatic heterocycles. The van der Waals surface area contributed by atoms with E-state index >= 15 is 0 Å². The number of hydrogen-bond donors (Lipinski definition) is 1. The second kappa shape index (κ2) is 19.9. The van der Waals surface area contributed by atoms with Crippen LogP contribution in [0, 0.1) is 0 Å². The van der Waals surface area contributed by atoms with E-state index in [2.05, 4.69) is 51.2 Å². The molecule has 2 fully saturated rings. The Morgan fingerprint density at radius 3 is 2.09 bits per heavy atom. The predicted octanol–water partition coefficient (Wildman–Crippen LogP) is 4.18. The van der Waals surface area contributed by atoms with Crippen LogP contribution in [0.15, 0.2) is 103 Å². The van der Waals surface area contributed by atoms with Gasteiger partial charge in [-0.05, 0) is 58.7 Å². The van der Waals surface area contributed by atoms with Crippen LogP contribution < -0.4 is 14.5 Å². The molecular weight excluding hydrogens is 719 g/mol. The van der Waals surface area contributed by atoms with Crippen LogP contribution >= 0.6 is 0 Å². The Morgan fingerprint density at radius 2 is 1.47 bits per heavy atom. The van der Waals surface area contributed by atoms with Gasteiger partial charge in [-0.25, -0.2) is 4.98 Å². The number of amides is 3. The number of methoxy groups -OCH3 is 1. The molecule has 0 unspecified atom stereocenters. The highest BCUT2D eigenvalue weighted by molar-refractivity contribution is 5.95. The number of hydrogen-bond acceptors (Lipinski definition) is 9. The number of aliphatic hydroxyl groups is 1. The average molecular weight is 774 g/mol. The van der Waals surface area contributed by atoms with Crippen LogP contribution in [0.2, 0.25) is 0 Å². The zero-order chi connectivity index (χ0) is 40.1. The molecule has 300 valence electrons. The molecular formula is C45H55N7O5. The van der Waals surface area contributed by atoms with Gasteiger partial charge in [-0.2, -0.15) is 0 Å². The smallest absolute Gasteiger partial charge is 0.247 e. The lowest BCUT2D eigenvalue weighted by molar-refractivity contribution is -0.145. The van der Waals surface area contributed by atoms with Gasteiger partial charge in [0.1, 0.15) is 6.04 Å². The summed E-state index contributed by atoms with van der Waals surface area (Å²) in [6, 6.07) is 29.3. The minimum Gasteiger partial charge on any atom is -0.481 e. The number of ether oxygens (including phenoxy) is 1. The van der Waals surface area contributed by atoms with E-state index in [9.17, 15) is 19.5 Å². The number of aromatic nitrogens is 1. The van der Waals surface area contributed by atoms with Crippen molar-refractivity contribution in [2.24, 2.45) is 0 Å². The van der Waals surface area contributed by atoms with Gasteiger partial charge in [0.05, 0.1) is 13.7 Å². The van der Waals surface area contributed by atoms with Crippen LogP contribution in [-0.4, -0.2) is 133 Å². The van der Waals surface area contributed by atoms with E-state index in [1.807, 2.05) is 70.3 Å². The van der Waals surface area contributed by atoms with E-state index in [-0.39, 0.29) is 30.9 Å². The molecule has 3 amide bonds. The van der Waals surface area contributed by atoms with Crippen LogP contribution in [0.4, 0.5) is 11.4 Å². The summed E-state index contributed by atoms with van der Waals surface area (Å²) in [5, 5.41) is 9.30. The molecule has 4 aromatic rings. The van der Waals surface area contributed by atoms with E-state index in [1.165, 1.54) is 11.6 Å². The third kappa shape index (κ3) is 11.2. The van der Waals surface area contributed by atoms with Crippen molar-refractivity contribution in [1.29, 1.82) is 0 Å². The molecule has 0 bridgehead atoms. The Bertz CT molecular complexity index is 1920. The second-order valence-corrected chi connectivity index (χ2v) is 14.7. The van der Waals surface area contributed by atoms with Crippen molar-refractivity contribution >= 4 is 35.2 Å². The summed E-state index contributed by atoms with van der Waals surface area (Å²) in [5.74, 6) is 0.246. The molecule has 57 heavy (non-hydrogen) atoms. The van der Waals surface area contributed by atoms with Crippen LogP contribution in [-0.2, 0) is 33.9 Å². The fourth-order valence-corrected chi connectivity index (χ4v) is 7.40. The second-order valence-electron chi connectivity index (χ2n) is 14.7. The first kappa shape index (κ1) is 40.9. The molecule has 12 heteroatoms. The zero-order valence-electron chi connectivity index (χ0n) is 33.4. The summed E-state index contributed by atoms with van der Waals surface area (Å²) >= 11 is 0. The highest BCUT2D eigenvalue weighted by atomic mass is 16.5. The first-order valence-corrected chi connectivity index (χ1v) is 19.7. The van der Waals surface area contributed by atoms with Gasteiger partial charge >= 0.3 is 0 Å². The van der Waals surface area contributed by atoms with Crippen LogP contribution in [0.1, 0.15) is 29.2 Å². The standard InChI is InChI=1S/C45H55N7O5/c1-35(54)49-25-27-50(28-26-49)41-17-11-39(12-18-41)34-52(44(55)20-14-37-13-19-43(57-3)46-32-37)42(31-36-7-5-4-6-8-36)45(56)51-23-21-48(22-24-51)33-38-9-15-40(16-10-38)47(2)29-30-53/h4-20,32,42,53H,21-31,33-34H2,1-3H3/b20-14+/t42-/m0/s1. The van der Waals surface area contributed by atoms with Gasteiger partial charge in [-0.3, -0.25) is 19.3 Å². The Hall–Kier alpha value is -5.72. The van der Waals surface area contributed by atoms with Crippen molar-refractivity contribution < 1.29 is 24.2 Å². The van der Waals surface area contributed by atoms with Crippen molar-refractivity contribution in [2.75, 3.05) is 89.5 Å². The molecule has 0 spiro atoms. The largest absolute Gasteiger partial charge is 0.481 e. The van der Waals surface area contributed by atoms with Gasteiger partial charge in [-0.15, -0.1) is 0 Å². The maximum Gasteiger partial charge on any atom is 0.247 e. The summed E-state index contributed by atoms with van der Waals surface area (Å²) in [4.78, 5) is 57.4. The van der Waals surface area contributed by atoms with Gasteiger partial charge in [0, 0.05) is 122 Å². The van der Waals surface area contributed by atoms with E-state index in [4.69, 9.17) is 4.74 Å². The molecule has 1 aromatic heterocycles. The quantitative estimate of drug-likeness (QED) is 0.178. The third-order valence-electron chi connectivity index (χ3n) is 10.9. The Labute approximate surface area is 336 Å². The van der Waals surface area contributed by atoms with Crippen LogP contribution in [0.25, 0.3) is 6.08 Å². The molecule has 1 N–H and O–H groups in total. The number of likely N-dealkylation sites (N-methyl/N-ethyl adjacent to an activating group) is 1. The highest BCUT2D eigenvalue weighted by Gasteiger charge is 2.34. The summed E-state index contributed by atoms with van der Waals surface area (Å²) in [6.45, 7) is 8.74. The molecule has 2 aliphatic rings.